The van der Waals surface area contributed by atoms with Crippen LogP contribution in [-0.4, -0.2) is 22.9 Å². The van der Waals surface area contributed by atoms with E-state index in [-0.39, 0.29) is 12.2 Å². The molecule has 1 aliphatic carbocycles. The maximum atomic E-state index is 12.6. The summed E-state index contributed by atoms with van der Waals surface area (Å²) in [5, 5.41) is 5.62. The van der Waals surface area contributed by atoms with Crippen molar-refractivity contribution in [1.29, 1.82) is 0 Å². The van der Waals surface area contributed by atoms with E-state index in [9.17, 15) is 4.79 Å². The second kappa shape index (κ2) is 4.67. The van der Waals surface area contributed by atoms with Gasteiger partial charge in [0.25, 0.3) is 0 Å². The molecule has 1 N–H and O–H groups in total. The fourth-order valence-electron chi connectivity index (χ4n) is 2.81. The average molecular weight is 264 g/mol. The van der Waals surface area contributed by atoms with Crippen LogP contribution in [0, 0.1) is 5.92 Å². The summed E-state index contributed by atoms with van der Waals surface area (Å²) in [6.07, 6.45) is 3.70. The second-order valence-corrected chi connectivity index (χ2v) is 6.62. The molecule has 2 fully saturated rings. The Balaban J connectivity index is 1.88. The van der Waals surface area contributed by atoms with Gasteiger partial charge in [0.2, 0.25) is 5.91 Å². The average Bonchev–Trinajstić information content (AvgIpc) is 2.85. The number of hydrogen-bond donors (Lipinski definition) is 1. The summed E-state index contributed by atoms with van der Waals surface area (Å²) in [6.45, 7) is 4.23. The van der Waals surface area contributed by atoms with E-state index >= 15 is 0 Å². The number of nitrogens with one attached hydrogen (secondary N) is 1. The topological polar surface area (TPSA) is 32.3 Å². The van der Waals surface area contributed by atoms with Gasteiger partial charge in [-0.05, 0) is 36.6 Å². The molecular formula is C14H20N2OS. The summed E-state index contributed by atoms with van der Waals surface area (Å²) in [7, 11) is 0. The molecular weight excluding hydrogens is 244 g/mol. The summed E-state index contributed by atoms with van der Waals surface area (Å²) < 4.78 is 0. The molecule has 0 spiro atoms. The van der Waals surface area contributed by atoms with Gasteiger partial charge in [-0.1, -0.05) is 19.9 Å². The van der Waals surface area contributed by atoms with Gasteiger partial charge in [0, 0.05) is 10.9 Å². The van der Waals surface area contributed by atoms with Crippen molar-refractivity contribution in [2.45, 2.75) is 51.4 Å². The molecule has 2 unspecified atom stereocenters. The Morgan fingerprint density at radius 3 is 2.72 bits per heavy atom. The van der Waals surface area contributed by atoms with E-state index in [4.69, 9.17) is 0 Å². The van der Waals surface area contributed by atoms with Crippen molar-refractivity contribution in [3.8, 4) is 0 Å². The minimum atomic E-state index is -0.0160. The van der Waals surface area contributed by atoms with Gasteiger partial charge in [-0.2, -0.15) is 0 Å². The third-order valence-electron chi connectivity index (χ3n) is 4.08. The van der Waals surface area contributed by atoms with Crippen LogP contribution in [0.25, 0.3) is 0 Å². The lowest BCUT2D eigenvalue weighted by atomic mass is 9.90. The van der Waals surface area contributed by atoms with Gasteiger partial charge in [0.15, 0.2) is 0 Å². The first-order valence-electron chi connectivity index (χ1n) is 6.80. The van der Waals surface area contributed by atoms with Crippen LogP contribution in [0.4, 0.5) is 0 Å². The first-order chi connectivity index (χ1) is 8.68. The predicted octanol–water partition coefficient (Wildman–Crippen LogP) is 2.76. The van der Waals surface area contributed by atoms with Gasteiger partial charge < -0.3 is 4.90 Å². The molecule has 3 nitrogen and oxygen atoms in total. The minimum absolute atomic E-state index is 0.0160. The highest BCUT2D eigenvalue weighted by molar-refractivity contribution is 7.10. The number of thiophene rings is 1. The Bertz CT molecular complexity index is 425. The van der Waals surface area contributed by atoms with Crippen molar-refractivity contribution >= 4 is 17.2 Å². The van der Waals surface area contributed by atoms with Crippen molar-refractivity contribution in [3.63, 3.8) is 0 Å². The van der Waals surface area contributed by atoms with Crippen molar-refractivity contribution in [3.05, 3.63) is 22.4 Å². The molecule has 2 atom stereocenters. The van der Waals surface area contributed by atoms with E-state index in [1.54, 1.807) is 11.3 Å². The number of carbonyl (C=O) groups is 1. The molecule has 1 saturated carbocycles. The van der Waals surface area contributed by atoms with Gasteiger partial charge in [-0.25, -0.2) is 0 Å². The predicted molar refractivity (Wildman–Crippen MR) is 73.3 cm³/mol. The summed E-state index contributed by atoms with van der Waals surface area (Å²) >= 11 is 1.74. The number of nitrogens with zero attached hydrogens (tertiary/aromatic N) is 1. The zero-order chi connectivity index (χ0) is 12.7. The fraction of sp³-hybridized carbons (Fsp3) is 0.643. The van der Waals surface area contributed by atoms with E-state index in [0.717, 1.165) is 0 Å². The van der Waals surface area contributed by atoms with Crippen LogP contribution in [-0.2, 0) is 4.79 Å². The maximum Gasteiger partial charge on any atom is 0.241 e. The highest BCUT2D eigenvalue weighted by Gasteiger charge is 2.45. The van der Waals surface area contributed by atoms with E-state index in [1.807, 2.05) is 0 Å². The molecule has 4 heteroatoms. The van der Waals surface area contributed by atoms with E-state index < -0.39 is 0 Å². The number of rotatable bonds is 3. The fourth-order valence-corrected chi connectivity index (χ4v) is 3.59. The lowest BCUT2D eigenvalue weighted by molar-refractivity contribution is -0.134. The van der Waals surface area contributed by atoms with Crippen molar-refractivity contribution < 1.29 is 4.79 Å². The summed E-state index contributed by atoms with van der Waals surface area (Å²) in [5.74, 6) is 0.651. The van der Waals surface area contributed by atoms with E-state index in [2.05, 4.69) is 41.6 Å². The Labute approximate surface area is 112 Å². The number of amides is 1. The Kier molecular flexibility index (Phi) is 3.16. The molecule has 1 aromatic heterocycles. The number of hydrogen-bond acceptors (Lipinski definition) is 3. The van der Waals surface area contributed by atoms with E-state index in [0.29, 0.717) is 17.9 Å². The molecule has 0 radical (unpaired) electrons. The van der Waals surface area contributed by atoms with E-state index in [1.165, 1.54) is 24.1 Å². The SMILES string of the molecule is CC(C)C1NC(c2cccs2)N(C2CCC2)C1=O. The minimum Gasteiger partial charge on any atom is -0.318 e. The largest absolute Gasteiger partial charge is 0.318 e. The molecule has 0 bridgehead atoms. The quantitative estimate of drug-likeness (QED) is 0.910. The Morgan fingerprint density at radius 1 is 1.44 bits per heavy atom. The molecule has 2 heterocycles. The molecule has 1 amide bonds. The summed E-state index contributed by atoms with van der Waals surface area (Å²) in [4.78, 5) is 15.9. The molecule has 98 valence electrons. The Morgan fingerprint density at radius 2 is 2.22 bits per heavy atom. The molecule has 18 heavy (non-hydrogen) atoms. The summed E-state index contributed by atoms with van der Waals surface area (Å²) in [6, 6.07) is 4.64. The highest BCUT2D eigenvalue weighted by atomic mass is 32.1. The van der Waals surface area contributed by atoms with Crippen molar-refractivity contribution in [2.24, 2.45) is 5.92 Å². The lowest BCUT2D eigenvalue weighted by Gasteiger charge is -2.38. The molecule has 3 rings (SSSR count). The first kappa shape index (κ1) is 12.2. The van der Waals surface area contributed by atoms with Gasteiger partial charge >= 0.3 is 0 Å². The van der Waals surface area contributed by atoms with Gasteiger partial charge in [-0.15, -0.1) is 11.3 Å². The van der Waals surface area contributed by atoms with Crippen LogP contribution in [0.3, 0.4) is 0 Å². The molecule has 2 aliphatic rings. The second-order valence-electron chi connectivity index (χ2n) is 5.64. The molecule has 1 aliphatic heterocycles. The van der Waals surface area contributed by atoms with Crippen molar-refractivity contribution in [1.82, 2.24) is 10.2 Å². The maximum absolute atomic E-state index is 12.6. The van der Waals surface area contributed by atoms with Crippen LogP contribution < -0.4 is 5.32 Å². The highest BCUT2D eigenvalue weighted by Crippen LogP contribution is 2.37. The Hall–Kier alpha value is -0.870. The lowest BCUT2D eigenvalue weighted by Crippen LogP contribution is -2.44. The third kappa shape index (κ3) is 1.88. The van der Waals surface area contributed by atoms with Crippen LogP contribution >= 0.6 is 11.3 Å². The molecule has 1 aromatic rings. The normalized spacial score (nSPS) is 29.1. The van der Waals surface area contributed by atoms with Gasteiger partial charge in [0.05, 0.1) is 6.04 Å². The van der Waals surface area contributed by atoms with Crippen LogP contribution in [0.1, 0.15) is 44.2 Å². The van der Waals surface area contributed by atoms with Gasteiger partial charge in [-0.3, -0.25) is 10.1 Å². The van der Waals surface area contributed by atoms with Crippen LogP contribution in [0.2, 0.25) is 0 Å². The smallest absolute Gasteiger partial charge is 0.241 e. The van der Waals surface area contributed by atoms with Crippen LogP contribution in [0.5, 0.6) is 0 Å². The molecule has 0 aromatic carbocycles. The van der Waals surface area contributed by atoms with Crippen LogP contribution in [0.15, 0.2) is 17.5 Å². The monoisotopic (exact) mass is 264 g/mol. The first-order valence-corrected chi connectivity index (χ1v) is 7.68. The zero-order valence-corrected chi connectivity index (χ0v) is 11.7. The summed E-state index contributed by atoms with van der Waals surface area (Å²) in [5.41, 5.74) is 0. The third-order valence-corrected chi connectivity index (χ3v) is 5.01. The standard InChI is InChI=1S/C14H20N2OS/c1-9(2)12-14(17)16(10-5-3-6-10)13(15-12)11-7-4-8-18-11/h4,7-10,12-13,15H,3,5-6H2,1-2H3. The molecule has 1 saturated heterocycles. The zero-order valence-electron chi connectivity index (χ0n) is 10.9. The number of carbonyl (C=O) groups excluding carboxylic acids is 1. The van der Waals surface area contributed by atoms with Gasteiger partial charge in [0.1, 0.15) is 6.17 Å². The van der Waals surface area contributed by atoms with Crippen molar-refractivity contribution in [2.75, 3.05) is 0 Å².